The van der Waals surface area contributed by atoms with Crippen molar-refractivity contribution in [2.45, 2.75) is 96.8 Å². The predicted octanol–water partition coefficient (Wildman–Crippen LogP) is 5.72. The molecule has 3 nitrogen and oxygen atoms in total. The predicted molar refractivity (Wildman–Crippen MR) is 94.0 cm³/mol. The Kier molecular flexibility index (Phi) is 11.5. The van der Waals surface area contributed by atoms with Gasteiger partial charge >= 0.3 is 11.9 Å². The van der Waals surface area contributed by atoms with Crippen LogP contribution in [0, 0.1) is 5.92 Å². The van der Waals surface area contributed by atoms with Crippen LogP contribution < -0.4 is 0 Å². The SMILES string of the molecule is CCCCCCCCCC=CCCCCCC1CC(=O)OC1=O. The molecule has 0 N–H and O–H groups in total. The monoisotopic (exact) mass is 322 g/mol. The summed E-state index contributed by atoms with van der Waals surface area (Å²) < 4.78 is 4.55. The molecule has 23 heavy (non-hydrogen) atoms. The first kappa shape index (κ1) is 19.9. The second-order valence-electron chi connectivity index (χ2n) is 6.71. The van der Waals surface area contributed by atoms with E-state index >= 15 is 0 Å². The Morgan fingerprint density at radius 1 is 0.870 bits per heavy atom. The molecule has 1 rings (SSSR count). The molecule has 0 radical (unpaired) electrons. The van der Waals surface area contributed by atoms with Crippen LogP contribution >= 0.6 is 0 Å². The highest BCUT2D eigenvalue weighted by molar-refractivity contribution is 5.94. The summed E-state index contributed by atoms with van der Waals surface area (Å²) in [5.41, 5.74) is 0. The lowest BCUT2D eigenvalue weighted by atomic mass is 9.99. The summed E-state index contributed by atoms with van der Waals surface area (Å²) in [6.07, 6.45) is 20.9. The van der Waals surface area contributed by atoms with E-state index in [-0.39, 0.29) is 24.3 Å². The number of ether oxygens (including phenoxy) is 1. The number of carbonyl (C=O) groups excluding carboxylic acids is 2. The standard InChI is InChI=1S/C20H34O3/c1-2-3-4-5-6-7-8-9-10-11-12-13-14-15-16-18-17-19(21)23-20(18)22/h10-11,18H,2-9,12-17H2,1H3. The summed E-state index contributed by atoms with van der Waals surface area (Å²) in [4.78, 5) is 22.3. The molecule has 1 atom stereocenters. The van der Waals surface area contributed by atoms with Crippen molar-refractivity contribution < 1.29 is 14.3 Å². The second-order valence-corrected chi connectivity index (χ2v) is 6.71. The lowest BCUT2D eigenvalue weighted by molar-refractivity contribution is -0.153. The van der Waals surface area contributed by atoms with Gasteiger partial charge in [-0.1, -0.05) is 70.4 Å². The van der Waals surface area contributed by atoms with Crippen molar-refractivity contribution in [3.05, 3.63) is 12.2 Å². The van der Waals surface area contributed by atoms with Gasteiger partial charge in [0.25, 0.3) is 0 Å². The smallest absolute Gasteiger partial charge is 0.317 e. The van der Waals surface area contributed by atoms with Crippen molar-refractivity contribution in [1.29, 1.82) is 0 Å². The Balaban J connectivity index is 1.82. The van der Waals surface area contributed by atoms with Gasteiger partial charge in [-0.2, -0.15) is 0 Å². The summed E-state index contributed by atoms with van der Waals surface area (Å²) in [5.74, 6) is -0.840. The molecule has 3 heteroatoms. The zero-order valence-corrected chi connectivity index (χ0v) is 14.9. The van der Waals surface area contributed by atoms with Crippen LogP contribution in [0.4, 0.5) is 0 Å². The fourth-order valence-electron chi connectivity index (χ4n) is 3.03. The average Bonchev–Trinajstić information content (AvgIpc) is 2.85. The number of hydrogen-bond donors (Lipinski definition) is 0. The van der Waals surface area contributed by atoms with E-state index in [2.05, 4.69) is 23.8 Å². The maximum atomic E-state index is 11.3. The van der Waals surface area contributed by atoms with Gasteiger partial charge in [0.2, 0.25) is 0 Å². The van der Waals surface area contributed by atoms with Crippen LogP contribution in [0.1, 0.15) is 96.8 Å². The molecule has 0 aromatic rings. The fraction of sp³-hybridized carbons (Fsp3) is 0.800. The minimum Gasteiger partial charge on any atom is -0.393 e. The minimum absolute atomic E-state index is 0.171. The topological polar surface area (TPSA) is 43.4 Å². The first-order valence-electron chi connectivity index (χ1n) is 9.63. The van der Waals surface area contributed by atoms with Gasteiger partial charge in [-0.3, -0.25) is 9.59 Å². The Labute approximate surface area is 141 Å². The van der Waals surface area contributed by atoms with Crippen molar-refractivity contribution in [3.63, 3.8) is 0 Å². The molecule has 0 aromatic carbocycles. The van der Waals surface area contributed by atoms with Crippen LogP contribution in [-0.2, 0) is 14.3 Å². The maximum Gasteiger partial charge on any atom is 0.317 e. The van der Waals surface area contributed by atoms with Gasteiger partial charge in [-0.25, -0.2) is 0 Å². The van der Waals surface area contributed by atoms with E-state index in [0.29, 0.717) is 0 Å². The van der Waals surface area contributed by atoms with E-state index in [1.807, 2.05) is 0 Å². The normalized spacial score (nSPS) is 18.0. The number of cyclic esters (lactones) is 2. The number of esters is 2. The van der Waals surface area contributed by atoms with E-state index in [4.69, 9.17) is 0 Å². The van der Waals surface area contributed by atoms with Gasteiger partial charge in [0, 0.05) is 0 Å². The zero-order valence-electron chi connectivity index (χ0n) is 14.9. The molecule has 0 aromatic heterocycles. The molecule has 0 spiro atoms. The molecule has 132 valence electrons. The van der Waals surface area contributed by atoms with Crippen LogP contribution in [0.5, 0.6) is 0 Å². The molecular formula is C20H34O3. The molecule has 1 aliphatic rings. The van der Waals surface area contributed by atoms with Crippen molar-refractivity contribution in [3.8, 4) is 0 Å². The molecular weight excluding hydrogens is 288 g/mol. The number of carbonyl (C=O) groups is 2. The molecule has 1 fully saturated rings. The average molecular weight is 322 g/mol. The number of hydrogen-bond acceptors (Lipinski definition) is 3. The molecule has 0 amide bonds. The van der Waals surface area contributed by atoms with Crippen LogP contribution in [0.25, 0.3) is 0 Å². The van der Waals surface area contributed by atoms with Gasteiger partial charge in [0.15, 0.2) is 0 Å². The third-order valence-electron chi connectivity index (χ3n) is 4.53. The molecule has 0 aliphatic carbocycles. The summed E-state index contributed by atoms with van der Waals surface area (Å²) in [6.45, 7) is 2.26. The van der Waals surface area contributed by atoms with Crippen LogP contribution in [0.2, 0.25) is 0 Å². The highest BCUT2D eigenvalue weighted by Gasteiger charge is 2.32. The van der Waals surface area contributed by atoms with Crippen molar-refractivity contribution in [2.75, 3.05) is 0 Å². The lowest BCUT2D eigenvalue weighted by Gasteiger charge is -2.03. The third kappa shape index (κ3) is 10.3. The van der Waals surface area contributed by atoms with Gasteiger partial charge in [-0.05, 0) is 32.1 Å². The molecule has 0 saturated carbocycles. The Bertz CT molecular complexity index is 360. The van der Waals surface area contributed by atoms with Gasteiger partial charge in [0.1, 0.15) is 0 Å². The quantitative estimate of drug-likeness (QED) is 0.178. The van der Waals surface area contributed by atoms with Crippen LogP contribution in [-0.4, -0.2) is 11.9 Å². The van der Waals surface area contributed by atoms with E-state index < -0.39 is 0 Å². The van der Waals surface area contributed by atoms with E-state index in [0.717, 1.165) is 25.7 Å². The van der Waals surface area contributed by atoms with Crippen molar-refractivity contribution in [2.24, 2.45) is 5.92 Å². The highest BCUT2D eigenvalue weighted by atomic mass is 16.6. The minimum atomic E-state index is -0.353. The third-order valence-corrected chi connectivity index (χ3v) is 4.53. The van der Waals surface area contributed by atoms with Crippen LogP contribution in [0.15, 0.2) is 12.2 Å². The molecule has 1 heterocycles. The molecule has 1 unspecified atom stereocenters. The lowest BCUT2D eigenvalue weighted by Crippen LogP contribution is -2.06. The van der Waals surface area contributed by atoms with Crippen molar-refractivity contribution in [1.82, 2.24) is 0 Å². The first-order chi connectivity index (χ1) is 11.2. The van der Waals surface area contributed by atoms with Crippen molar-refractivity contribution >= 4 is 11.9 Å². The first-order valence-corrected chi connectivity index (χ1v) is 9.63. The molecule has 1 saturated heterocycles. The number of rotatable bonds is 14. The van der Waals surface area contributed by atoms with Gasteiger partial charge in [0.05, 0.1) is 12.3 Å². The Morgan fingerprint density at radius 2 is 1.43 bits per heavy atom. The summed E-state index contributed by atoms with van der Waals surface area (Å²) in [6, 6.07) is 0. The molecule has 1 aliphatic heterocycles. The summed E-state index contributed by atoms with van der Waals surface area (Å²) in [5, 5.41) is 0. The summed E-state index contributed by atoms with van der Waals surface area (Å²) in [7, 11) is 0. The highest BCUT2D eigenvalue weighted by Crippen LogP contribution is 2.22. The zero-order chi connectivity index (χ0) is 16.8. The van der Waals surface area contributed by atoms with Gasteiger partial charge in [-0.15, -0.1) is 0 Å². The number of allylic oxidation sites excluding steroid dienone is 2. The number of unbranched alkanes of at least 4 members (excludes halogenated alkanes) is 10. The van der Waals surface area contributed by atoms with E-state index in [1.165, 1.54) is 57.8 Å². The largest absolute Gasteiger partial charge is 0.393 e. The molecule has 0 bridgehead atoms. The summed E-state index contributed by atoms with van der Waals surface area (Å²) >= 11 is 0. The second kappa shape index (κ2) is 13.3. The fourth-order valence-corrected chi connectivity index (χ4v) is 3.03. The maximum absolute atomic E-state index is 11.3. The van der Waals surface area contributed by atoms with E-state index in [9.17, 15) is 9.59 Å². The van der Waals surface area contributed by atoms with Crippen LogP contribution in [0.3, 0.4) is 0 Å². The van der Waals surface area contributed by atoms with Gasteiger partial charge < -0.3 is 4.74 Å². The van der Waals surface area contributed by atoms with E-state index in [1.54, 1.807) is 0 Å². The Morgan fingerprint density at radius 3 is 2.00 bits per heavy atom. The Hall–Kier alpha value is -1.12.